The average molecular weight is 257 g/mol. The maximum absolute atomic E-state index is 6.04. The van der Waals surface area contributed by atoms with E-state index in [2.05, 4.69) is 4.98 Å². The van der Waals surface area contributed by atoms with E-state index in [0.29, 0.717) is 33.6 Å². The topological polar surface area (TPSA) is 52.0 Å². The highest BCUT2D eigenvalue weighted by molar-refractivity contribution is 6.37. The molecule has 84 valence electrons. The predicted octanol–water partition coefficient (Wildman–Crippen LogP) is 3.12. The van der Waals surface area contributed by atoms with Crippen molar-refractivity contribution in [2.24, 2.45) is 5.73 Å². The molecule has 3 nitrogen and oxygen atoms in total. The van der Waals surface area contributed by atoms with Crippen molar-refractivity contribution < 1.29 is 4.42 Å². The van der Waals surface area contributed by atoms with E-state index >= 15 is 0 Å². The molecule has 0 unspecified atom stereocenters. The lowest BCUT2D eigenvalue weighted by atomic mass is 10.1. The normalized spacial score (nSPS) is 17.9. The second kappa shape index (κ2) is 3.36. The van der Waals surface area contributed by atoms with Gasteiger partial charge in [0.25, 0.3) is 0 Å². The van der Waals surface area contributed by atoms with Gasteiger partial charge in [0.15, 0.2) is 5.58 Å². The molecule has 1 aliphatic rings. The first-order valence-electron chi connectivity index (χ1n) is 5.11. The van der Waals surface area contributed by atoms with Gasteiger partial charge in [-0.1, -0.05) is 23.2 Å². The van der Waals surface area contributed by atoms with Crippen LogP contribution in [0.2, 0.25) is 10.0 Å². The standard InChI is InChI=1S/C11H10Cl2N2O/c12-6-3-7(13)9-8(4-6)15-10(16-9)11(5-14)1-2-11/h3-4H,1-2,5,14H2. The van der Waals surface area contributed by atoms with Crippen LogP contribution in [0.3, 0.4) is 0 Å². The molecule has 1 aliphatic carbocycles. The van der Waals surface area contributed by atoms with Gasteiger partial charge in [-0.25, -0.2) is 4.98 Å². The summed E-state index contributed by atoms with van der Waals surface area (Å²) in [4.78, 5) is 4.42. The summed E-state index contributed by atoms with van der Waals surface area (Å²) in [6, 6.07) is 3.41. The molecule has 16 heavy (non-hydrogen) atoms. The van der Waals surface area contributed by atoms with Crippen molar-refractivity contribution in [1.82, 2.24) is 4.98 Å². The molecule has 0 spiro atoms. The summed E-state index contributed by atoms with van der Waals surface area (Å²) >= 11 is 11.9. The third kappa shape index (κ3) is 1.43. The van der Waals surface area contributed by atoms with Gasteiger partial charge in [0.1, 0.15) is 5.52 Å². The molecule has 1 aromatic carbocycles. The van der Waals surface area contributed by atoms with Gasteiger partial charge in [-0.3, -0.25) is 0 Å². The van der Waals surface area contributed by atoms with Crippen molar-refractivity contribution in [3.8, 4) is 0 Å². The molecule has 3 rings (SSSR count). The lowest BCUT2D eigenvalue weighted by Gasteiger charge is -2.04. The SMILES string of the molecule is NCC1(c2nc3cc(Cl)cc(Cl)c3o2)CC1. The zero-order valence-electron chi connectivity index (χ0n) is 8.46. The molecule has 0 saturated heterocycles. The highest BCUT2D eigenvalue weighted by atomic mass is 35.5. The van der Waals surface area contributed by atoms with E-state index < -0.39 is 0 Å². The highest BCUT2D eigenvalue weighted by Gasteiger charge is 2.47. The molecule has 1 fully saturated rings. The van der Waals surface area contributed by atoms with Crippen molar-refractivity contribution in [3.63, 3.8) is 0 Å². The molecule has 1 saturated carbocycles. The summed E-state index contributed by atoms with van der Waals surface area (Å²) in [6.45, 7) is 0.561. The summed E-state index contributed by atoms with van der Waals surface area (Å²) in [5.74, 6) is 0.689. The van der Waals surface area contributed by atoms with Gasteiger partial charge >= 0.3 is 0 Å². The van der Waals surface area contributed by atoms with E-state index in [1.54, 1.807) is 12.1 Å². The van der Waals surface area contributed by atoms with Crippen LogP contribution in [-0.2, 0) is 5.41 Å². The highest BCUT2D eigenvalue weighted by Crippen LogP contribution is 2.48. The molecule has 0 radical (unpaired) electrons. The molecular weight excluding hydrogens is 247 g/mol. The summed E-state index contributed by atoms with van der Waals surface area (Å²) in [5.41, 5.74) is 6.97. The van der Waals surface area contributed by atoms with Crippen molar-refractivity contribution in [2.75, 3.05) is 6.54 Å². The Morgan fingerprint density at radius 2 is 2.12 bits per heavy atom. The second-order valence-electron chi connectivity index (χ2n) is 4.24. The molecule has 0 atom stereocenters. The van der Waals surface area contributed by atoms with Crippen LogP contribution in [0, 0.1) is 0 Å². The van der Waals surface area contributed by atoms with Crippen LogP contribution < -0.4 is 5.73 Å². The van der Waals surface area contributed by atoms with Crippen molar-refractivity contribution in [3.05, 3.63) is 28.1 Å². The van der Waals surface area contributed by atoms with Crippen molar-refractivity contribution in [2.45, 2.75) is 18.3 Å². The zero-order valence-corrected chi connectivity index (χ0v) is 9.98. The summed E-state index contributed by atoms with van der Waals surface area (Å²) < 4.78 is 5.69. The minimum absolute atomic E-state index is 0.0607. The van der Waals surface area contributed by atoms with E-state index in [1.165, 1.54) is 0 Å². The van der Waals surface area contributed by atoms with Crippen LogP contribution in [0.4, 0.5) is 0 Å². The van der Waals surface area contributed by atoms with Gasteiger partial charge in [0, 0.05) is 11.6 Å². The number of oxazole rings is 1. The lowest BCUT2D eigenvalue weighted by molar-refractivity contribution is 0.462. The number of aromatic nitrogens is 1. The molecular formula is C11H10Cl2N2O. The molecule has 2 aromatic rings. The number of nitrogens with zero attached hydrogens (tertiary/aromatic N) is 1. The van der Waals surface area contributed by atoms with Crippen LogP contribution in [0.1, 0.15) is 18.7 Å². The average Bonchev–Trinajstić information content (AvgIpc) is 2.93. The number of benzene rings is 1. The van der Waals surface area contributed by atoms with Gasteiger partial charge in [-0.05, 0) is 25.0 Å². The van der Waals surface area contributed by atoms with Crippen LogP contribution in [0.15, 0.2) is 16.5 Å². The van der Waals surface area contributed by atoms with Crippen LogP contribution in [-0.4, -0.2) is 11.5 Å². The first-order valence-corrected chi connectivity index (χ1v) is 5.86. The molecule has 1 aromatic heterocycles. The number of fused-ring (bicyclic) bond motifs is 1. The Hall–Kier alpha value is -0.770. The van der Waals surface area contributed by atoms with Gasteiger partial charge in [0.05, 0.1) is 10.4 Å². The van der Waals surface area contributed by atoms with Gasteiger partial charge < -0.3 is 10.2 Å². The third-order valence-corrected chi connectivity index (χ3v) is 3.61. The number of hydrogen-bond acceptors (Lipinski definition) is 3. The number of halogens is 2. The van der Waals surface area contributed by atoms with E-state index in [-0.39, 0.29) is 5.41 Å². The maximum Gasteiger partial charge on any atom is 0.203 e. The smallest absolute Gasteiger partial charge is 0.203 e. The summed E-state index contributed by atoms with van der Waals surface area (Å²) in [5, 5.41) is 1.06. The monoisotopic (exact) mass is 256 g/mol. The minimum atomic E-state index is -0.0607. The van der Waals surface area contributed by atoms with E-state index in [9.17, 15) is 0 Å². The second-order valence-corrected chi connectivity index (χ2v) is 5.08. The summed E-state index contributed by atoms with van der Waals surface area (Å²) in [7, 11) is 0. The third-order valence-electron chi connectivity index (χ3n) is 3.11. The largest absolute Gasteiger partial charge is 0.438 e. The summed E-state index contributed by atoms with van der Waals surface area (Å²) in [6.07, 6.45) is 2.06. The quantitative estimate of drug-likeness (QED) is 0.899. The van der Waals surface area contributed by atoms with E-state index in [0.717, 1.165) is 12.8 Å². The van der Waals surface area contributed by atoms with Gasteiger partial charge in [-0.15, -0.1) is 0 Å². The molecule has 5 heteroatoms. The fourth-order valence-electron chi connectivity index (χ4n) is 1.84. The lowest BCUT2D eigenvalue weighted by Crippen LogP contribution is -2.19. The maximum atomic E-state index is 6.04. The first-order chi connectivity index (χ1) is 7.64. The van der Waals surface area contributed by atoms with Crippen LogP contribution in [0.5, 0.6) is 0 Å². The Labute approximate surface area is 103 Å². The fourth-order valence-corrected chi connectivity index (χ4v) is 2.36. The predicted molar refractivity (Wildman–Crippen MR) is 64.0 cm³/mol. The zero-order chi connectivity index (χ0) is 11.3. The van der Waals surface area contributed by atoms with Crippen LogP contribution in [0.25, 0.3) is 11.1 Å². The number of hydrogen-bond donors (Lipinski definition) is 1. The Kier molecular flexibility index (Phi) is 2.18. The molecule has 2 N–H and O–H groups in total. The van der Waals surface area contributed by atoms with Crippen molar-refractivity contribution >= 4 is 34.3 Å². The van der Waals surface area contributed by atoms with E-state index in [1.807, 2.05) is 0 Å². The van der Waals surface area contributed by atoms with Crippen LogP contribution >= 0.6 is 23.2 Å². The van der Waals surface area contributed by atoms with Gasteiger partial charge in [-0.2, -0.15) is 0 Å². The Bertz CT molecular complexity index is 560. The number of nitrogens with two attached hydrogens (primary N) is 1. The molecule has 0 bridgehead atoms. The molecule has 1 heterocycles. The van der Waals surface area contributed by atoms with E-state index in [4.69, 9.17) is 33.4 Å². The first kappa shape index (κ1) is 10.4. The Morgan fingerprint density at radius 1 is 1.38 bits per heavy atom. The Balaban J connectivity index is 2.20. The van der Waals surface area contributed by atoms with Gasteiger partial charge in [0.2, 0.25) is 5.89 Å². The molecule has 0 amide bonds. The minimum Gasteiger partial charge on any atom is -0.438 e. The van der Waals surface area contributed by atoms with Crippen molar-refractivity contribution in [1.29, 1.82) is 0 Å². The number of rotatable bonds is 2. The molecule has 0 aliphatic heterocycles. The Morgan fingerprint density at radius 3 is 2.75 bits per heavy atom. The fraction of sp³-hybridized carbons (Fsp3) is 0.364.